The van der Waals surface area contributed by atoms with Crippen molar-refractivity contribution in [3.05, 3.63) is 77.4 Å². The van der Waals surface area contributed by atoms with Gasteiger partial charge in [-0.15, -0.1) is 11.3 Å². The van der Waals surface area contributed by atoms with E-state index in [0.717, 1.165) is 34.1 Å². The second-order valence-corrected chi connectivity index (χ2v) is 8.32. The van der Waals surface area contributed by atoms with E-state index in [2.05, 4.69) is 36.4 Å². The first-order valence-corrected chi connectivity index (χ1v) is 10.1. The van der Waals surface area contributed by atoms with Crippen LogP contribution >= 0.6 is 11.3 Å². The van der Waals surface area contributed by atoms with Crippen molar-refractivity contribution < 1.29 is 9.90 Å². The highest BCUT2D eigenvalue weighted by molar-refractivity contribution is 7.25. The maximum Gasteiger partial charge on any atom is 0.336 e. The summed E-state index contributed by atoms with van der Waals surface area (Å²) in [4.78, 5) is 17.0. The maximum atomic E-state index is 12.1. The summed E-state index contributed by atoms with van der Waals surface area (Å²) in [7, 11) is 0. The first-order valence-electron chi connectivity index (χ1n) is 9.30. The second-order valence-electron chi connectivity index (χ2n) is 7.24. The normalized spacial score (nSPS) is 13.0. The summed E-state index contributed by atoms with van der Waals surface area (Å²) in [5.41, 5.74) is 5.16. The molecule has 0 saturated carbocycles. The van der Waals surface area contributed by atoms with E-state index < -0.39 is 5.97 Å². The Kier molecular flexibility index (Phi) is 3.17. The number of para-hydroxylation sites is 1. The van der Waals surface area contributed by atoms with E-state index >= 15 is 0 Å². The Bertz CT molecular complexity index is 1450. The molecule has 0 aliphatic heterocycles. The third-order valence-electron chi connectivity index (χ3n) is 5.71. The van der Waals surface area contributed by atoms with E-state index in [9.17, 15) is 9.90 Å². The van der Waals surface area contributed by atoms with Crippen molar-refractivity contribution in [3.8, 4) is 11.3 Å². The van der Waals surface area contributed by atoms with Gasteiger partial charge in [0.1, 0.15) is 0 Å². The lowest BCUT2D eigenvalue weighted by molar-refractivity contribution is 0.0698. The van der Waals surface area contributed by atoms with Crippen molar-refractivity contribution in [3.63, 3.8) is 0 Å². The molecule has 3 nitrogen and oxygen atoms in total. The number of carboxylic acids is 1. The minimum Gasteiger partial charge on any atom is -0.478 e. The topological polar surface area (TPSA) is 50.2 Å². The quantitative estimate of drug-likeness (QED) is 0.384. The smallest absolute Gasteiger partial charge is 0.336 e. The largest absolute Gasteiger partial charge is 0.478 e. The molecule has 0 radical (unpaired) electrons. The molecule has 1 N–H and O–H groups in total. The van der Waals surface area contributed by atoms with Gasteiger partial charge in [0.25, 0.3) is 0 Å². The molecule has 0 atom stereocenters. The zero-order valence-electron chi connectivity index (χ0n) is 14.9. The van der Waals surface area contributed by atoms with Gasteiger partial charge in [-0.2, -0.15) is 0 Å². The van der Waals surface area contributed by atoms with Crippen molar-refractivity contribution in [2.75, 3.05) is 0 Å². The Hall–Kier alpha value is -3.24. The fourth-order valence-electron chi connectivity index (χ4n) is 4.47. The first-order chi connectivity index (χ1) is 13.7. The van der Waals surface area contributed by atoms with Crippen LogP contribution in [0.15, 0.2) is 60.7 Å². The molecular weight excluding hydrogens is 366 g/mol. The molecule has 2 aromatic heterocycles. The summed E-state index contributed by atoms with van der Waals surface area (Å²) in [6.07, 6.45) is 1.54. The number of hydrogen-bond acceptors (Lipinski definition) is 3. The summed E-state index contributed by atoms with van der Waals surface area (Å²) in [6.45, 7) is 0. The van der Waals surface area contributed by atoms with E-state index in [1.165, 1.54) is 25.7 Å². The van der Waals surface area contributed by atoms with Gasteiger partial charge in [0.2, 0.25) is 0 Å². The summed E-state index contributed by atoms with van der Waals surface area (Å²) < 4.78 is 2.50. The third kappa shape index (κ3) is 2.09. The Morgan fingerprint density at radius 1 is 0.893 bits per heavy atom. The number of aryl methyl sites for hydroxylation is 1. The Balaban J connectivity index is 1.72. The van der Waals surface area contributed by atoms with Gasteiger partial charge >= 0.3 is 5.97 Å². The minimum atomic E-state index is -0.874. The molecule has 28 heavy (non-hydrogen) atoms. The molecule has 4 heteroatoms. The number of carbonyl (C=O) groups is 1. The highest BCUT2D eigenvalue weighted by atomic mass is 32.1. The molecule has 0 unspecified atom stereocenters. The number of benzene rings is 3. The standard InChI is InChI=1S/C24H15NO2S/c26-24(27)22-15-6-1-3-7-19(15)25-23-16(22)10-9-13-11-18-14-5-2-4-8-20(14)28-21(18)12-17(13)23/h1-8,11-12H,9-10H2,(H,26,27). The highest BCUT2D eigenvalue weighted by Gasteiger charge is 2.26. The van der Waals surface area contributed by atoms with Gasteiger partial charge in [-0.3, -0.25) is 0 Å². The van der Waals surface area contributed by atoms with Crippen molar-refractivity contribution in [2.45, 2.75) is 12.8 Å². The molecule has 0 saturated heterocycles. The van der Waals surface area contributed by atoms with Gasteiger partial charge < -0.3 is 5.11 Å². The molecule has 6 rings (SSSR count). The Morgan fingerprint density at radius 2 is 1.68 bits per heavy atom. The van der Waals surface area contributed by atoms with Crippen molar-refractivity contribution in [2.24, 2.45) is 0 Å². The highest BCUT2D eigenvalue weighted by Crippen LogP contribution is 2.42. The van der Waals surface area contributed by atoms with E-state index in [1.54, 1.807) is 11.3 Å². The summed E-state index contributed by atoms with van der Waals surface area (Å²) in [5.74, 6) is -0.874. The third-order valence-corrected chi connectivity index (χ3v) is 6.84. The minimum absolute atomic E-state index is 0.405. The molecule has 1 aliphatic rings. The van der Waals surface area contributed by atoms with Crippen LogP contribution in [0.3, 0.4) is 0 Å². The zero-order valence-corrected chi connectivity index (χ0v) is 15.7. The number of nitrogens with zero attached hydrogens (tertiary/aromatic N) is 1. The second kappa shape index (κ2) is 5.63. The van der Waals surface area contributed by atoms with Gasteiger partial charge in [0.05, 0.1) is 16.8 Å². The van der Waals surface area contributed by atoms with Gasteiger partial charge in [-0.25, -0.2) is 9.78 Å². The molecule has 2 heterocycles. The maximum absolute atomic E-state index is 12.1. The van der Waals surface area contributed by atoms with Crippen LogP contribution < -0.4 is 0 Å². The van der Waals surface area contributed by atoms with Gasteiger partial charge in [-0.05, 0) is 48.2 Å². The van der Waals surface area contributed by atoms with Crippen LogP contribution in [0.25, 0.3) is 42.3 Å². The predicted molar refractivity (Wildman–Crippen MR) is 114 cm³/mol. The Morgan fingerprint density at radius 3 is 2.54 bits per heavy atom. The summed E-state index contributed by atoms with van der Waals surface area (Å²) in [6, 6.07) is 20.5. The van der Waals surface area contributed by atoms with E-state index in [0.29, 0.717) is 12.0 Å². The van der Waals surface area contributed by atoms with Crippen LogP contribution in [0.1, 0.15) is 21.5 Å². The predicted octanol–water partition coefficient (Wildman–Crippen LogP) is 6.07. The lowest BCUT2D eigenvalue weighted by atomic mass is 9.84. The molecular formula is C24H15NO2S. The number of aromatic carboxylic acids is 1. The number of rotatable bonds is 1. The zero-order chi connectivity index (χ0) is 18.8. The van der Waals surface area contributed by atoms with Gasteiger partial charge in [0, 0.05) is 31.1 Å². The van der Waals surface area contributed by atoms with E-state index in [-0.39, 0.29) is 0 Å². The number of pyridine rings is 1. The van der Waals surface area contributed by atoms with Crippen molar-refractivity contribution in [1.82, 2.24) is 4.98 Å². The fourth-order valence-corrected chi connectivity index (χ4v) is 5.59. The van der Waals surface area contributed by atoms with E-state index in [1.807, 2.05) is 24.3 Å². The van der Waals surface area contributed by atoms with Crippen LogP contribution in [-0.2, 0) is 12.8 Å². The van der Waals surface area contributed by atoms with Crippen molar-refractivity contribution in [1.29, 1.82) is 0 Å². The molecule has 3 aromatic carbocycles. The Labute approximate surface area is 164 Å². The van der Waals surface area contributed by atoms with Crippen LogP contribution in [0.4, 0.5) is 0 Å². The molecule has 0 spiro atoms. The van der Waals surface area contributed by atoms with Gasteiger partial charge in [0.15, 0.2) is 0 Å². The average molecular weight is 381 g/mol. The van der Waals surface area contributed by atoms with Crippen LogP contribution in [0, 0.1) is 0 Å². The summed E-state index contributed by atoms with van der Waals surface area (Å²) >= 11 is 1.78. The number of carboxylic acid groups (broad SMARTS) is 1. The number of thiophene rings is 1. The van der Waals surface area contributed by atoms with Crippen LogP contribution in [-0.4, -0.2) is 16.1 Å². The molecule has 1 aliphatic carbocycles. The fraction of sp³-hybridized carbons (Fsp3) is 0.0833. The van der Waals surface area contributed by atoms with E-state index in [4.69, 9.17) is 4.98 Å². The molecule has 0 bridgehead atoms. The SMILES string of the molecule is O=C(O)c1c2c(nc3ccccc13)-c1cc3sc4ccccc4c3cc1CC2. The number of aromatic nitrogens is 1. The monoisotopic (exact) mass is 381 g/mol. The van der Waals surface area contributed by atoms with Crippen LogP contribution in [0.5, 0.6) is 0 Å². The molecule has 134 valence electrons. The van der Waals surface area contributed by atoms with Crippen molar-refractivity contribution >= 4 is 48.4 Å². The lowest BCUT2D eigenvalue weighted by Crippen LogP contribution is -2.13. The first kappa shape index (κ1) is 15.8. The molecule has 5 aromatic rings. The average Bonchev–Trinajstić information content (AvgIpc) is 3.08. The molecule has 0 fully saturated rings. The summed E-state index contributed by atoms with van der Waals surface area (Å²) in [5, 5.41) is 13.2. The molecule has 0 amide bonds. The number of hydrogen-bond donors (Lipinski definition) is 1. The van der Waals surface area contributed by atoms with Gasteiger partial charge in [-0.1, -0.05) is 36.4 Å². The lowest BCUT2D eigenvalue weighted by Gasteiger charge is -2.22. The van der Waals surface area contributed by atoms with Crippen LogP contribution in [0.2, 0.25) is 0 Å². The number of fused-ring (bicyclic) bond motifs is 7.